The lowest BCUT2D eigenvalue weighted by Crippen LogP contribution is -2.23. The predicted octanol–water partition coefficient (Wildman–Crippen LogP) is 2.66. The van der Waals surface area contributed by atoms with Gasteiger partial charge in [-0.2, -0.15) is 0 Å². The first-order valence-electron chi connectivity index (χ1n) is 9.74. The van der Waals surface area contributed by atoms with Gasteiger partial charge in [-0.05, 0) is 48.9 Å². The lowest BCUT2D eigenvalue weighted by Gasteiger charge is -2.12. The Morgan fingerprint density at radius 1 is 0.969 bits per heavy atom. The lowest BCUT2D eigenvalue weighted by molar-refractivity contribution is -0.142. The second kappa shape index (κ2) is 12.0. The van der Waals surface area contributed by atoms with E-state index in [1.165, 1.54) is 39.5 Å². The zero-order valence-corrected chi connectivity index (χ0v) is 18.4. The van der Waals surface area contributed by atoms with Crippen molar-refractivity contribution in [1.29, 1.82) is 0 Å². The minimum absolute atomic E-state index is 0.244. The minimum atomic E-state index is -0.704. The Morgan fingerprint density at radius 3 is 2.25 bits per heavy atom. The van der Waals surface area contributed by atoms with Crippen molar-refractivity contribution in [1.82, 2.24) is 5.32 Å². The van der Waals surface area contributed by atoms with Crippen LogP contribution in [0.5, 0.6) is 17.2 Å². The van der Waals surface area contributed by atoms with Gasteiger partial charge >= 0.3 is 5.97 Å². The Labute approximate surface area is 186 Å². The van der Waals surface area contributed by atoms with E-state index in [9.17, 15) is 14.4 Å². The number of amides is 2. The van der Waals surface area contributed by atoms with Gasteiger partial charge in [0.05, 0.1) is 21.3 Å². The fourth-order valence-corrected chi connectivity index (χ4v) is 2.74. The van der Waals surface area contributed by atoms with Crippen molar-refractivity contribution in [2.75, 3.05) is 39.8 Å². The van der Waals surface area contributed by atoms with Crippen LogP contribution in [0.2, 0.25) is 0 Å². The molecule has 0 atom stereocenters. The second-order valence-electron chi connectivity index (χ2n) is 6.39. The monoisotopic (exact) mass is 442 g/mol. The van der Waals surface area contributed by atoms with Gasteiger partial charge in [0.25, 0.3) is 11.8 Å². The topological polar surface area (TPSA) is 112 Å². The molecule has 0 heterocycles. The van der Waals surface area contributed by atoms with E-state index in [1.54, 1.807) is 30.3 Å². The molecule has 0 radical (unpaired) electrons. The SMILES string of the molecule is CCNC(=O)c1cccc(NC(=O)COC(=O)/C=C/c2cc(OC)c(OC)c(OC)c2)c1. The largest absolute Gasteiger partial charge is 0.493 e. The van der Waals surface area contributed by atoms with Crippen molar-refractivity contribution in [2.45, 2.75) is 6.92 Å². The molecule has 0 unspecified atom stereocenters. The summed E-state index contributed by atoms with van der Waals surface area (Å²) in [5.41, 5.74) is 1.45. The van der Waals surface area contributed by atoms with Gasteiger partial charge in [0.1, 0.15) is 0 Å². The third-order valence-corrected chi connectivity index (χ3v) is 4.19. The van der Waals surface area contributed by atoms with Crippen LogP contribution in [0.3, 0.4) is 0 Å². The van der Waals surface area contributed by atoms with Crippen LogP contribution in [0.25, 0.3) is 6.08 Å². The van der Waals surface area contributed by atoms with Crippen molar-refractivity contribution in [3.8, 4) is 17.2 Å². The number of esters is 1. The summed E-state index contributed by atoms with van der Waals surface area (Å²) in [5, 5.41) is 5.26. The summed E-state index contributed by atoms with van der Waals surface area (Å²) >= 11 is 0. The Balaban J connectivity index is 1.94. The molecule has 2 N–H and O–H groups in total. The maximum Gasteiger partial charge on any atom is 0.331 e. The normalized spacial score (nSPS) is 10.4. The fraction of sp³-hybridized carbons (Fsp3) is 0.261. The number of carbonyl (C=O) groups excluding carboxylic acids is 3. The van der Waals surface area contributed by atoms with Gasteiger partial charge in [0, 0.05) is 23.9 Å². The third-order valence-electron chi connectivity index (χ3n) is 4.19. The van der Waals surface area contributed by atoms with Crippen molar-refractivity contribution < 1.29 is 33.3 Å². The quantitative estimate of drug-likeness (QED) is 0.430. The van der Waals surface area contributed by atoms with Crippen molar-refractivity contribution >= 4 is 29.5 Å². The summed E-state index contributed by atoms with van der Waals surface area (Å²) in [7, 11) is 4.47. The Kier molecular flexibility index (Phi) is 9.09. The van der Waals surface area contributed by atoms with E-state index in [0.717, 1.165) is 0 Å². The number of nitrogens with one attached hydrogen (secondary N) is 2. The average molecular weight is 442 g/mol. The number of ether oxygens (including phenoxy) is 4. The maximum atomic E-state index is 12.1. The van der Waals surface area contributed by atoms with E-state index in [2.05, 4.69) is 10.6 Å². The molecule has 2 amide bonds. The van der Waals surface area contributed by atoms with Crippen molar-refractivity contribution in [2.24, 2.45) is 0 Å². The first-order chi connectivity index (χ1) is 15.4. The molecule has 0 fully saturated rings. The van der Waals surface area contributed by atoms with E-state index in [1.807, 2.05) is 6.92 Å². The molecule has 9 heteroatoms. The Hall–Kier alpha value is -4.01. The highest BCUT2D eigenvalue weighted by atomic mass is 16.5. The highest BCUT2D eigenvalue weighted by Gasteiger charge is 2.13. The Morgan fingerprint density at radius 2 is 1.66 bits per heavy atom. The molecule has 0 aliphatic rings. The first-order valence-corrected chi connectivity index (χ1v) is 9.74. The smallest absolute Gasteiger partial charge is 0.331 e. The molecule has 2 aromatic carbocycles. The van der Waals surface area contributed by atoms with Gasteiger partial charge in [-0.15, -0.1) is 0 Å². The van der Waals surface area contributed by atoms with Crippen LogP contribution in [0.1, 0.15) is 22.8 Å². The van der Waals surface area contributed by atoms with E-state index >= 15 is 0 Å². The molecule has 2 rings (SSSR count). The van der Waals surface area contributed by atoms with Crippen LogP contribution in [0.15, 0.2) is 42.5 Å². The van der Waals surface area contributed by atoms with Crippen LogP contribution in [-0.2, 0) is 14.3 Å². The van der Waals surface area contributed by atoms with Crippen LogP contribution in [0.4, 0.5) is 5.69 Å². The molecule has 0 saturated heterocycles. The molecule has 2 aromatic rings. The summed E-state index contributed by atoms with van der Waals surface area (Å²) in [4.78, 5) is 35.9. The van der Waals surface area contributed by atoms with Gasteiger partial charge in [0.15, 0.2) is 18.1 Å². The average Bonchev–Trinajstić information content (AvgIpc) is 2.80. The summed E-state index contributed by atoms with van der Waals surface area (Å²) in [6.45, 7) is 1.83. The first kappa shape index (κ1) is 24.3. The van der Waals surface area contributed by atoms with E-state index < -0.39 is 18.5 Å². The molecular formula is C23H26N2O7. The van der Waals surface area contributed by atoms with Crippen LogP contribution in [-0.4, -0.2) is 52.3 Å². The number of hydrogen-bond acceptors (Lipinski definition) is 7. The molecule has 0 aromatic heterocycles. The zero-order valence-electron chi connectivity index (χ0n) is 18.4. The number of rotatable bonds is 10. The fourth-order valence-electron chi connectivity index (χ4n) is 2.74. The molecule has 0 aliphatic heterocycles. The van der Waals surface area contributed by atoms with Gasteiger partial charge in [0.2, 0.25) is 5.75 Å². The lowest BCUT2D eigenvalue weighted by atomic mass is 10.1. The van der Waals surface area contributed by atoms with Crippen LogP contribution >= 0.6 is 0 Å². The van der Waals surface area contributed by atoms with Crippen molar-refractivity contribution in [3.63, 3.8) is 0 Å². The molecular weight excluding hydrogens is 416 g/mol. The number of carbonyl (C=O) groups is 3. The minimum Gasteiger partial charge on any atom is -0.493 e. The molecule has 0 saturated carbocycles. The van der Waals surface area contributed by atoms with E-state index in [0.29, 0.717) is 40.6 Å². The number of hydrogen-bond donors (Lipinski definition) is 2. The van der Waals surface area contributed by atoms with Gasteiger partial charge < -0.3 is 29.6 Å². The maximum absolute atomic E-state index is 12.1. The van der Waals surface area contributed by atoms with Crippen molar-refractivity contribution in [3.05, 3.63) is 53.6 Å². The highest BCUT2D eigenvalue weighted by molar-refractivity contribution is 5.98. The molecule has 9 nitrogen and oxygen atoms in total. The number of methoxy groups -OCH3 is 3. The molecule has 170 valence electrons. The number of benzene rings is 2. The van der Waals surface area contributed by atoms with E-state index in [4.69, 9.17) is 18.9 Å². The van der Waals surface area contributed by atoms with E-state index in [-0.39, 0.29) is 5.91 Å². The molecule has 0 aliphatic carbocycles. The van der Waals surface area contributed by atoms with Gasteiger partial charge in [-0.25, -0.2) is 4.79 Å². The molecule has 32 heavy (non-hydrogen) atoms. The summed E-state index contributed by atoms with van der Waals surface area (Å²) in [6.07, 6.45) is 2.68. The standard InChI is InChI=1S/C23H26N2O7/c1-5-24-23(28)16-7-6-8-17(13-16)25-20(26)14-32-21(27)10-9-15-11-18(29-2)22(31-4)19(12-15)30-3/h6-13H,5,14H2,1-4H3,(H,24,28)(H,25,26)/b10-9+. The zero-order chi connectivity index (χ0) is 23.5. The van der Waals surface area contributed by atoms with Crippen LogP contribution < -0.4 is 24.8 Å². The molecule has 0 bridgehead atoms. The third kappa shape index (κ3) is 6.76. The Bertz CT molecular complexity index is 977. The second-order valence-corrected chi connectivity index (χ2v) is 6.39. The predicted molar refractivity (Wildman–Crippen MR) is 119 cm³/mol. The van der Waals surface area contributed by atoms with Gasteiger partial charge in [-0.1, -0.05) is 6.07 Å². The summed E-state index contributed by atoms with van der Waals surface area (Å²) in [5.74, 6) is -0.171. The number of anilines is 1. The van der Waals surface area contributed by atoms with Gasteiger partial charge in [-0.3, -0.25) is 9.59 Å². The molecule has 0 spiro atoms. The summed E-state index contributed by atoms with van der Waals surface area (Å²) in [6, 6.07) is 9.78. The summed E-state index contributed by atoms with van der Waals surface area (Å²) < 4.78 is 20.8. The van der Waals surface area contributed by atoms with Crippen LogP contribution in [0, 0.1) is 0 Å². The highest BCUT2D eigenvalue weighted by Crippen LogP contribution is 2.38.